The van der Waals surface area contributed by atoms with Gasteiger partial charge >= 0.3 is 0 Å². The zero-order valence-corrected chi connectivity index (χ0v) is 16.7. The van der Waals surface area contributed by atoms with E-state index in [1.165, 1.54) is 4.31 Å². The van der Waals surface area contributed by atoms with Gasteiger partial charge in [0.1, 0.15) is 0 Å². The van der Waals surface area contributed by atoms with Crippen molar-refractivity contribution in [1.82, 2.24) is 14.3 Å². The molecule has 1 fully saturated rings. The van der Waals surface area contributed by atoms with Gasteiger partial charge in [-0.15, -0.1) is 12.4 Å². The summed E-state index contributed by atoms with van der Waals surface area (Å²) in [4.78, 5) is 0. The van der Waals surface area contributed by atoms with Crippen LogP contribution in [-0.4, -0.2) is 52.6 Å². The Morgan fingerprint density at radius 2 is 1.88 bits per heavy atom. The van der Waals surface area contributed by atoms with Crippen LogP contribution in [0, 0.1) is 5.41 Å². The number of benzene rings is 1. The Morgan fingerprint density at radius 1 is 1.24 bits per heavy atom. The zero-order chi connectivity index (χ0) is 17.5. The number of methoxy groups -OCH3 is 1. The van der Waals surface area contributed by atoms with E-state index in [9.17, 15) is 8.42 Å². The third-order valence-corrected chi connectivity index (χ3v) is 6.21. The maximum Gasteiger partial charge on any atom is 0.279 e. The van der Waals surface area contributed by atoms with Gasteiger partial charge in [-0.2, -0.15) is 12.7 Å². The van der Waals surface area contributed by atoms with E-state index >= 15 is 0 Å². The van der Waals surface area contributed by atoms with E-state index in [2.05, 4.69) is 10.0 Å². The van der Waals surface area contributed by atoms with E-state index in [0.717, 1.165) is 31.5 Å². The predicted octanol–water partition coefficient (Wildman–Crippen LogP) is 1.78. The summed E-state index contributed by atoms with van der Waals surface area (Å²) in [7, 11) is -1.85. The highest BCUT2D eigenvalue weighted by Crippen LogP contribution is 2.28. The average molecular weight is 392 g/mol. The second-order valence-corrected chi connectivity index (χ2v) is 8.18. The number of rotatable bonds is 9. The predicted molar refractivity (Wildman–Crippen MR) is 103 cm³/mol. The molecule has 1 heterocycles. The van der Waals surface area contributed by atoms with Gasteiger partial charge in [-0.05, 0) is 31.5 Å². The Labute approximate surface area is 157 Å². The molecule has 2 N–H and O–H groups in total. The lowest BCUT2D eigenvalue weighted by Crippen LogP contribution is -2.50. The quantitative estimate of drug-likeness (QED) is 0.673. The van der Waals surface area contributed by atoms with Crippen molar-refractivity contribution in [2.75, 3.05) is 39.9 Å². The Morgan fingerprint density at radius 3 is 2.44 bits per heavy atom. The van der Waals surface area contributed by atoms with Crippen LogP contribution in [0.25, 0.3) is 0 Å². The molecule has 1 aliphatic heterocycles. The lowest BCUT2D eigenvalue weighted by atomic mass is 9.80. The molecule has 0 radical (unpaired) electrons. The van der Waals surface area contributed by atoms with Crippen molar-refractivity contribution in [3.8, 4) is 0 Å². The SMILES string of the molecule is CCN(Cc1ccccc1)S(=O)(=O)NCC1(COC)CCNCC1.Cl. The van der Waals surface area contributed by atoms with Crippen LogP contribution < -0.4 is 10.0 Å². The fourth-order valence-electron chi connectivity index (χ4n) is 3.12. The Hall–Kier alpha value is -0.700. The summed E-state index contributed by atoms with van der Waals surface area (Å²) in [5.41, 5.74) is 0.859. The molecule has 0 aliphatic carbocycles. The van der Waals surface area contributed by atoms with Crippen LogP contribution >= 0.6 is 12.4 Å². The van der Waals surface area contributed by atoms with E-state index < -0.39 is 10.2 Å². The number of halogens is 1. The molecule has 0 spiro atoms. The highest BCUT2D eigenvalue weighted by atomic mass is 35.5. The normalized spacial score (nSPS) is 17.2. The summed E-state index contributed by atoms with van der Waals surface area (Å²) in [6.07, 6.45) is 1.82. The van der Waals surface area contributed by atoms with Crippen LogP contribution in [0.4, 0.5) is 0 Å². The molecule has 0 unspecified atom stereocenters. The van der Waals surface area contributed by atoms with Crippen molar-refractivity contribution in [3.63, 3.8) is 0 Å². The molecular weight excluding hydrogens is 362 g/mol. The molecule has 25 heavy (non-hydrogen) atoms. The highest BCUT2D eigenvalue weighted by molar-refractivity contribution is 7.87. The van der Waals surface area contributed by atoms with Crippen LogP contribution in [0.5, 0.6) is 0 Å². The van der Waals surface area contributed by atoms with Crippen molar-refractivity contribution < 1.29 is 13.2 Å². The van der Waals surface area contributed by atoms with Crippen molar-refractivity contribution in [1.29, 1.82) is 0 Å². The third kappa shape index (κ3) is 6.51. The molecule has 1 aromatic rings. The largest absolute Gasteiger partial charge is 0.384 e. The summed E-state index contributed by atoms with van der Waals surface area (Å²) in [6.45, 7) is 5.45. The molecule has 0 atom stereocenters. The second-order valence-electron chi connectivity index (χ2n) is 6.42. The van der Waals surface area contributed by atoms with Gasteiger partial charge in [-0.25, -0.2) is 4.72 Å². The van der Waals surface area contributed by atoms with Gasteiger partial charge in [0.15, 0.2) is 0 Å². The van der Waals surface area contributed by atoms with Crippen molar-refractivity contribution in [2.24, 2.45) is 5.41 Å². The molecule has 2 rings (SSSR count). The van der Waals surface area contributed by atoms with E-state index in [-0.39, 0.29) is 17.8 Å². The van der Waals surface area contributed by atoms with Gasteiger partial charge in [-0.1, -0.05) is 37.3 Å². The van der Waals surface area contributed by atoms with Crippen LogP contribution in [0.2, 0.25) is 0 Å². The summed E-state index contributed by atoms with van der Waals surface area (Å²) in [6, 6.07) is 9.66. The molecular formula is C17H30ClN3O3S. The number of piperidine rings is 1. The lowest BCUT2D eigenvalue weighted by Gasteiger charge is -2.37. The minimum Gasteiger partial charge on any atom is -0.384 e. The molecule has 6 nitrogen and oxygen atoms in total. The maximum absolute atomic E-state index is 12.7. The first-order valence-electron chi connectivity index (χ1n) is 8.50. The second kappa shape index (κ2) is 10.4. The van der Waals surface area contributed by atoms with Crippen molar-refractivity contribution in [2.45, 2.75) is 26.3 Å². The molecule has 0 amide bonds. The van der Waals surface area contributed by atoms with Gasteiger partial charge in [0.05, 0.1) is 6.61 Å². The number of hydrogen-bond donors (Lipinski definition) is 2. The number of nitrogens with one attached hydrogen (secondary N) is 2. The summed E-state index contributed by atoms with van der Waals surface area (Å²) < 4.78 is 35.1. The van der Waals surface area contributed by atoms with E-state index in [0.29, 0.717) is 26.2 Å². The summed E-state index contributed by atoms with van der Waals surface area (Å²) >= 11 is 0. The van der Waals surface area contributed by atoms with Crippen molar-refractivity contribution in [3.05, 3.63) is 35.9 Å². The third-order valence-electron chi connectivity index (χ3n) is 4.64. The van der Waals surface area contributed by atoms with E-state index in [4.69, 9.17) is 4.74 Å². The van der Waals surface area contributed by atoms with Gasteiger partial charge in [0.25, 0.3) is 10.2 Å². The summed E-state index contributed by atoms with van der Waals surface area (Å²) in [5.74, 6) is 0. The number of nitrogens with zero attached hydrogens (tertiary/aromatic N) is 1. The maximum atomic E-state index is 12.7. The molecule has 0 bridgehead atoms. The van der Waals surface area contributed by atoms with E-state index in [1.807, 2.05) is 37.3 Å². The highest BCUT2D eigenvalue weighted by Gasteiger charge is 2.34. The minimum absolute atomic E-state index is 0. The molecule has 144 valence electrons. The van der Waals surface area contributed by atoms with Crippen LogP contribution in [0.15, 0.2) is 30.3 Å². The smallest absolute Gasteiger partial charge is 0.279 e. The zero-order valence-electron chi connectivity index (χ0n) is 15.0. The Bertz CT molecular complexity index is 587. The molecule has 1 aromatic carbocycles. The lowest BCUT2D eigenvalue weighted by molar-refractivity contribution is 0.0574. The summed E-state index contributed by atoms with van der Waals surface area (Å²) in [5, 5.41) is 3.32. The first kappa shape index (κ1) is 22.3. The van der Waals surface area contributed by atoms with Gasteiger partial charge < -0.3 is 10.1 Å². The van der Waals surface area contributed by atoms with Crippen molar-refractivity contribution >= 4 is 22.6 Å². The molecule has 0 saturated carbocycles. The fourth-order valence-corrected chi connectivity index (χ4v) is 4.45. The first-order chi connectivity index (χ1) is 11.5. The van der Waals surface area contributed by atoms with Gasteiger partial charge in [-0.3, -0.25) is 0 Å². The molecule has 0 aromatic heterocycles. The Kier molecular flexibility index (Phi) is 9.34. The number of hydrogen-bond acceptors (Lipinski definition) is 4. The Balaban J connectivity index is 0.00000312. The average Bonchev–Trinajstić information content (AvgIpc) is 2.60. The van der Waals surface area contributed by atoms with Crippen LogP contribution in [0.3, 0.4) is 0 Å². The molecule has 1 aliphatic rings. The standard InChI is InChI=1S/C17H29N3O3S.ClH/c1-3-20(13-16-7-5-4-6-8-16)24(21,22)19-14-17(15-23-2)9-11-18-12-10-17;/h4-8,18-19H,3,9-15H2,1-2H3;1H. The monoisotopic (exact) mass is 391 g/mol. The minimum atomic E-state index is -3.52. The first-order valence-corrected chi connectivity index (χ1v) is 9.94. The van der Waals surface area contributed by atoms with Gasteiger partial charge in [0, 0.05) is 32.2 Å². The van der Waals surface area contributed by atoms with Gasteiger partial charge in [0.2, 0.25) is 0 Å². The van der Waals surface area contributed by atoms with Crippen LogP contribution in [0.1, 0.15) is 25.3 Å². The topological polar surface area (TPSA) is 70.7 Å². The molecule has 1 saturated heterocycles. The number of ether oxygens (including phenoxy) is 1. The van der Waals surface area contributed by atoms with Crippen LogP contribution in [-0.2, 0) is 21.5 Å². The fraction of sp³-hybridized carbons (Fsp3) is 0.647. The van der Waals surface area contributed by atoms with E-state index in [1.54, 1.807) is 7.11 Å². The molecule has 8 heteroatoms.